The lowest BCUT2D eigenvalue weighted by Gasteiger charge is -2.32. The Morgan fingerprint density at radius 1 is 1.27 bits per heavy atom. The van der Waals surface area contributed by atoms with Gasteiger partial charge in [0.2, 0.25) is 11.8 Å². The fourth-order valence-electron chi connectivity index (χ4n) is 3.29. The number of para-hydroxylation sites is 1. The van der Waals surface area contributed by atoms with Crippen LogP contribution >= 0.6 is 11.3 Å². The van der Waals surface area contributed by atoms with Gasteiger partial charge in [-0.05, 0) is 35.1 Å². The third-order valence-corrected chi connectivity index (χ3v) is 5.44. The fraction of sp³-hybridized carbons (Fsp3) is 0.294. The minimum absolute atomic E-state index is 0.0687. The number of carbonyl (C=O) groups is 2. The Labute approximate surface area is 132 Å². The van der Waals surface area contributed by atoms with Gasteiger partial charge in [-0.1, -0.05) is 18.2 Å². The lowest BCUT2D eigenvalue weighted by atomic mass is 9.89. The quantitative estimate of drug-likeness (QED) is 0.880. The van der Waals surface area contributed by atoms with Crippen LogP contribution < -0.4 is 5.32 Å². The molecule has 2 aliphatic rings. The van der Waals surface area contributed by atoms with Gasteiger partial charge in [0, 0.05) is 30.1 Å². The van der Waals surface area contributed by atoms with E-state index in [4.69, 9.17) is 0 Å². The minimum Gasteiger partial charge on any atom is -0.337 e. The van der Waals surface area contributed by atoms with Crippen LogP contribution in [0.3, 0.4) is 0 Å². The van der Waals surface area contributed by atoms with Crippen molar-refractivity contribution in [3.05, 3.63) is 51.7 Å². The molecule has 2 amide bonds. The summed E-state index contributed by atoms with van der Waals surface area (Å²) in [4.78, 5) is 28.1. The van der Waals surface area contributed by atoms with Gasteiger partial charge in [-0.15, -0.1) is 11.3 Å². The first-order valence-corrected chi connectivity index (χ1v) is 8.33. The molecule has 3 heterocycles. The molecule has 0 saturated carbocycles. The molecule has 0 fully saturated rings. The van der Waals surface area contributed by atoms with Gasteiger partial charge in [0.25, 0.3) is 0 Å². The molecule has 22 heavy (non-hydrogen) atoms. The predicted octanol–water partition coefficient (Wildman–Crippen LogP) is 2.76. The highest BCUT2D eigenvalue weighted by Crippen LogP contribution is 2.34. The highest BCUT2D eigenvalue weighted by molar-refractivity contribution is 7.10. The molecule has 0 radical (unpaired) electrons. The smallest absolute Gasteiger partial charge is 0.231 e. The molecular formula is C17H16N2O2S. The molecule has 0 aliphatic carbocycles. The molecule has 4 nitrogen and oxygen atoms in total. The SMILES string of the molecule is O=C1CC(C(=O)N2CCc3sccc3C2)c2ccccc2N1. The van der Waals surface area contributed by atoms with E-state index in [1.165, 1.54) is 10.4 Å². The largest absolute Gasteiger partial charge is 0.337 e. The number of benzene rings is 1. The van der Waals surface area contributed by atoms with E-state index < -0.39 is 0 Å². The van der Waals surface area contributed by atoms with Gasteiger partial charge >= 0.3 is 0 Å². The van der Waals surface area contributed by atoms with Gasteiger partial charge in [0.1, 0.15) is 0 Å². The van der Waals surface area contributed by atoms with E-state index >= 15 is 0 Å². The maximum absolute atomic E-state index is 12.9. The first kappa shape index (κ1) is 13.5. The van der Waals surface area contributed by atoms with Crippen LogP contribution in [0.1, 0.15) is 28.3 Å². The van der Waals surface area contributed by atoms with Crippen molar-refractivity contribution in [3.63, 3.8) is 0 Å². The van der Waals surface area contributed by atoms with Crippen molar-refractivity contribution in [1.29, 1.82) is 0 Å². The first-order chi connectivity index (χ1) is 10.7. The van der Waals surface area contributed by atoms with Crippen LogP contribution in [-0.4, -0.2) is 23.3 Å². The van der Waals surface area contributed by atoms with Gasteiger partial charge in [-0.25, -0.2) is 0 Å². The van der Waals surface area contributed by atoms with Crippen LogP contribution in [0.15, 0.2) is 35.7 Å². The number of hydrogen-bond donors (Lipinski definition) is 1. The summed E-state index contributed by atoms with van der Waals surface area (Å²) in [6.45, 7) is 1.41. The standard InChI is InChI=1S/C17H16N2O2S/c20-16-9-13(12-3-1-2-4-14(12)18-16)17(21)19-7-5-15-11(10-19)6-8-22-15/h1-4,6,8,13H,5,7,9-10H2,(H,18,20). The number of anilines is 1. The van der Waals surface area contributed by atoms with E-state index in [1.807, 2.05) is 29.2 Å². The van der Waals surface area contributed by atoms with E-state index in [1.54, 1.807) is 11.3 Å². The third kappa shape index (κ3) is 2.22. The number of nitrogens with zero attached hydrogens (tertiary/aromatic N) is 1. The van der Waals surface area contributed by atoms with Crippen molar-refractivity contribution in [1.82, 2.24) is 4.90 Å². The summed E-state index contributed by atoms with van der Waals surface area (Å²) in [5.74, 6) is -0.366. The lowest BCUT2D eigenvalue weighted by molar-refractivity contribution is -0.135. The van der Waals surface area contributed by atoms with Crippen LogP contribution in [0.25, 0.3) is 0 Å². The Morgan fingerprint density at radius 2 is 2.14 bits per heavy atom. The topological polar surface area (TPSA) is 49.4 Å². The average Bonchev–Trinajstić information content (AvgIpc) is 3.00. The van der Waals surface area contributed by atoms with Gasteiger partial charge in [0.05, 0.1) is 5.92 Å². The molecule has 2 aliphatic heterocycles. The van der Waals surface area contributed by atoms with E-state index in [2.05, 4.69) is 16.8 Å². The normalized spacial score (nSPS) is 20.1. The van der Waals surface area contributed by atoms with Crippen LogP contribution in [0, 0.1) is 0 Å². The summed E-state index contributed by atoms with van der Waals surface area (Å²) in [6, 6.07) is 9.70. The van der Waals surface area contributed by atoms with Crippen molar-refractivity contribution in [2.45, 2.75) is 25.3 Å². The molecule has 5 heteroatoms. The van der Waals surface area contributed by atoms with Crippen molar-refractivity contribution in [3.8, 4) is 0 Å². The van der Waals surface area contributed by atoms with Crippen molar-refractivity contribution in [2.75, 3.05) is 11.9 Å². The molecule has 1 aromatic carbocycles. The summed E-state index contributed by atoms with van der Waals surface area (Å²) in [7, 11) is 0. The van der Waals surface area contributed by atoms with E-state index in [0.29, 0.717) is 6.54 Å². The highest BCUT2D eigenvalue weighted by Gasteiger charge is 2.34. The summed E-state index contributed by atoms with van der Waals surface area (Å²) < 4.78 is 0. The number of fused-ring (bicyclic) bond motifs is 2. The number of thiophene rings is 1. The number of hydrogen-bond acceptors (Lipinski definition) is 3. The van der Waals surface area contributed by atoms with Gasteiger partial charge in [0.15, 0.2) is 0 Å². The van der Waals surface area contributed by atoms with Crippen molar-refractivity contribution in [2.24, 2.45) is 0 Å². The molecule has 0 bridgehead atoms. The zero-order valence-electron chi connectivity index (χ0n) is 12.0. The molecule has 1 unspecified atom stereocenters. The molecule has 112 valence electrons. The molecule has 4 rings (SSSR count). The molecule has 0 saturated heterocycles. The zero-order valence-corrected chi connectivity index (χ0v) is 12.9. The molecule has 2 aromatic rings. The Kier molecular flexibility index (Phi) is 3.22. The van der Waals surface area contributed by atoms with Crippen molar-refractivity contribution < 1.29 is 9.59 Å². The second-order valence-corrected chi connectivity index (χ2v) is 6.77. The van der Waals surface area contributed by atoms with E-state index in [-0.39, 0.29) is 24.2 Å². The highest BCUT2D eigenvalue weighted by atomic mass is 32.1. The summed E-state index contributed by atoms with van der Waals surface area (Å²) >= 11 is 1.76. The zero-order chi connectivity index (χ0) is 15.1. The minimum atomic E-state index is -0.356. The van der Waals surface area contributed by atoms with Crippen LogP contribution in [0.2, 0.25) is 0 Å². The average molecular weight is 312 g/mol. The monoisotopic (exact) mass is 312 g/mol. The Balaban J connectivity index is 1.62. The van der Waals surface area contributed by atoms with Gasteiger partial charge in [-0.3, -0.25) is 9.59 Å². The maximum atomic E-state index is 12.9. The summed E-state index contributed by atoms with van der Waals surface area (Å²) in [5.41, 5.74) is 2.95. The number of amides is 2. The second-order valence-electron chi connectivity index (χ2n) is 5.77. The van der Waals surface area contributed by atoms with E-state index in [9.17, 15) is 9.59 Å². The van der Waals surface area contributed by atoms with Crippen molar-refractivity contribution >= 4 is 28.8 Å². The van der Waals surface area contributed by atoms with Crippen LogP contribution in [-0.2, 0) is 22.6 Å². The second kappa shape index (κ2) is 5.25. The summed E-state index contributed by atoms with van der Waals surface area (Å²) in [6.07, 6.45) is 1.15. The van der Waals surface area contributed by atoms with Crippen LogP contribution in [0.4, 0.5) is 5.69 Å². The van der Waals surface area contributed by atoms with Gasteiger partial charge in [-0.2, -0.15) is 0 Å². The molecular weight excluding hydrogens is 296 g/mol. The Bertz CT molecular complexity index is 753. The first-order valence-electron chi connectivity index (χ1n) is 7.45. The van der Waals surface area contributed by atoms with Gasteiger partial charge < -0.3 is 10.2 Å². The molecule has 1 atom stereocenters. The fourth-order valence-corrected chi connectivity index (χ4v) is 4.18. The Morgan fingerprint density at radius 3 is 3.05 bits per heavy atom. The lowest BCUT2D eigenvalue weighted by Crippen LogP contribution is -2.41. The maximum Gasteiger partial charge on any atom is 0.231 e. The third-order valence-electron chi connectivity index (χ3n) is 4.42. The molecule has 1 N–H and O–H groups in total. The number of carbonyl (C=O) groups excluding carboxylic acids is 2. The van der Waals surface area contributed by atoms with E-state index in [0.717, 1.165) is 24.2 Å². The summed E-state index contributed by atoms with van der Waals surface area (Å²) in [5, 5.41) is 4.94. The predicted molar refractivity (Wildman–Crippen MR) is 85.9 cm³/mol. The Hall–Kier alpha value is -2.14. The molecule has 0 spiro atoms. The number of rotatable bonds is 1. The number of nitrogens with one attached hydrogen (secondary N) is 1. The molecule has 1 aromatic heterocycles. The van der Waals surface area contributed by atoms with Crippen LogP contribution in [0.5, 0.6) is 0 Å².